The van der Waals surface area contributed by atoms with E-state index in [2.05, 4.69) is 0 Å². The molecule has 3 rings (SSSR count). The number of carbonyl (C=O) groups excluding carboxylic acids is 3. The van der Waals surface area contributed by atoms with Gasteiger partial charge in [-0.3, -0.25) is 4.79 Å². The molecule has 2 atom stereocenters. The van der Waals surface area contributed by atoms with Gasteiger partial charge in [0.1, 0.15) is 18.2 Å². The Hall–Kier alpha value is -2.57. The molecule has 2 amide bonds. The smallest absolute Gasteiger partial charge is 0.410 e. The Balaban J connectivity index is 1.69. The minimum Gasteiger partial charge on any atom is -0.459 e. The molecule has 1 spiro atoms. The van der Waals surface area contributed by atoms with Crippen LogP contribution in [0.3, 0.4) is 0 Å². The molecular weight excluding hydrogens is 408 g/mol. The Kier molecular flexibility index (Phi) is 7.16. The monoisotopic (exact) mass is 444 g/mol. The molecule has 2 aliphatic rings. The maximum Gasteiger partial charge on any atom is 0.410 e. The molecule has 0 N–H and O–H groups in total. The Morgan fingerprint density at radius 1 is 1.09 bits per heavy atom. The summed E-state index contributed by atoms with van der Waals surface area (Å²) in [4.78, 5) is 42.5. The Bertz CT molecular complexity index is 832. The highest BCUT2D eigenvalue weighted by Crippen LogP contribution is 2.42. The number of piperidine rings is 1. The van der Waals surface area contributed by atoms with Crippen LogP contribution in [0.2, 0.25) is 0 Å². The molecule has 1 unspecified atom stereocenters. The molecule has 0 aliphatic carbocycles. The summed E-state index contributed by atoms with van der Waals surface area (Å²) in [6, 6.07) is 8.88. The Morgan fingerprint density at radius 2 is 1.78 bits per heavy atom. The summed E-state index contributed by atoms with van der Waals surface area (Å²) in [7, 11) is 0. The molecule has 176 valence electrons. The van der Waals surface area contributed by atoms with E-state index in [0.29, 0.717) is 32.5 Å². The second kappa shape index (κ2) is 9.51. The van der Waals surface area contributed by atoms with Crippen LogP contribution in [0.5, 0.6) is 0 Å². The van der Waals surface area contributed by atoms with Crippen molar-refractivity contribution in [2.75, 3.05) is 19.6 Å². The summed E-state index contributed by atoms with van der Waals surface area (Å²) in [6.45, 7) is 11.0. The van der Waals surface area contributed by atoms with Crippen molar-refractivity contribution in [3.05, 3.63) is 35.9 Å². The second-order valence-corrected chi connectivity index (χ2v) is 10.3. The van der Waals surface area contributed by atoms with Gasteiger partial charge in [0.25, 0.3) is 0 Å². The van der Waals surface area contributed by atoms with Crippen LogP contribution in [0.25, 0.3) is 0 Å². The second-order valence-electron chi connectivity index (χ2n) is 10.3. The summed E-state index contributed by atoms with van der Waals surface area (Å²) in [5.41, 5.74) is -0.325. The first-order chi connectivity index (χ1) is 15.0. The van der Waals surface area contributed by atoms with Gasteiger partial charge in [-0.15, -0.1) is 0 Å². The molecule has 32 heavy (non-hydrogen) atoms. The number of amides is 2. The minimum absolute atomic E-state index is 0.0545. The molecular formula is C25H36N2O5. The topological polar surface area (TPSA) is 76.2 Å². The van der Waals surface area contributed by atoms with Gasteiger partial charge in [0.05, 0.1) is 5.41 Å². The lowest BCUT2D eigenvalue weighted by atomic mass is 9.78. The van der Waals surface area contributed by atoms with E-state index in [1.807, 2.05) is 65.0 Å². The zero-order valence-electron chi connectivity index (χ0n) is 19.9. The zero-order chi connectivity index (χ0) is 23.5. The van der Waals surface area contributed by atoms with Crippen molar-refractivity contribution in [1.29, 1.82) is 0 Å². The Labute approximate surface area is 191 Å². The summed E-state index contributed by atoms with van der Waals surface area (Å²) in [5, 5.41) is 0. The maximum atomic E-state index is 13.6. The van der Waals surface area contributed by atoms with Crippen molar-refractivity contribution in [2.45, 2.75) is 72.1 Å². The van der Waals surface area contributed by atoms with E-state index in [1.165, 1.54) is 0 Å². The van der Waals surface area contributed by atoms with Crippen LogP contribution in [0.15, 0.2) is 30.3 Å². The van der Waals surface area contributed by atoms with Gasteiger partial charge in [-0.25, -0.2) is 9.59 Å². The van der Waals surface area contributed by atoms with Gasteiger partial charge in [-0.2, -0.15) is 0 Å². The van der Waals surface area contributed by atoms with Gasteiger partial charge < -0.3 is 19.3 Å². The lowest BCUT2D eigenvalue weighted by molar-refractivity contribution is -0.159. The third kappa shape index (κ3) is 5.43. The molecule has 7 heteroatoms. The van der Waals surface area contributed by atoms with E-state index >= 15 is 0 Å². The van der Waals surface area contributed by atoms with E-state index in [-0.39, 0.29) is 30.5 Å². The molecule has 0 radical (unpaired) electrons. The fraction of sp³-hybridized carbons (Fsp3) is 0.640. The predicted octanol–water partition coefficient (Wildman–Crippen LogP) is 4.00. The average Bonchev–Trinajstić information content (AvgIpc) is 3.01. The molecule has 2 aliphatic heterocycles. The number of nitrogens with zero attached hydrogens (tertiary/aromatic N) is 2. The largest absolute Gasteiger partial charge is 0.459 e. The van der Waals surface area contributed by atoms with E-state index < -0.39 is 17.1 Å². The fourth-order valence-corrected chi connectivity index (χ4v) is 4.68. The number of benzene rings is 1. The molecule has 2 fully saturated rings. The number of esters is 1. The minimum atomic E-state index is -0.651. The maximum absolute atomic E-state index is 13.6. The molecule has 7 nitrogen and oxygen atoms in total. The third-order valence-corrected chi connectivity index (χ3v) is 6.21. The number of hydrogen-bond donors (Lipinski definition) is 0. The lowest BCUT2D eigenvalue weighted by Gasteiger charge is -2.40. The first-order valence-electron chi connectivity index (χ1n) is 11.5. The molecule has 2 heterocycles. The van der Waals surface area contributed by atoms with Gasteiger partial charge in [-0.05, 0) is 51.5 Å². The van der Waals surface area contributed by atoms with Crippen molar-refractivity contribution in [3.8, 4) is 0 Å². The van der Waals surface area contributed by atoms with Gasteiger partial charge in [0, 0.05) is 19.6 Å². The molecule has 1 aromatic rings. The SMILES string of the molecule is CC(C)[C@@H](C(=O)OCc1ccccc1)N1CCC2(CCCN(C(=O)OC(C)(C)C)C2)C1=O. The van der Waals surface area contributed by atoms with Crippen LogP contribution in [-0.2, 0) is 25.7 Å². The van der Waals surface area contributed by atoms with E-state index in [0.717, 1.165) is 12.0 Å². The zero-order valence-corrected chi connectivity index (χ0v) is 19.9. The number of rotatable bonds is 5. The van der Waals surface area contributed by atoms with Crippen molar-refractivity contribution >= 4 is 18.0 Å². The number of carbonyl (C=O) groups is 3. The van der Waals surface area contributed by atoms with Crippen LogP contribution < -0.4 is 0 Å². The molecule has 1 aromatic carbocycles. The molecule has 0 bridgehead atoms. The van der Waals surface area contributed by atoms with Crippen molar-refractivity contribution in [2.24, 2.45) is 11.3 Å². The quantitative estimate of drug-likeness (QED) is 0.642. The highest BCUT2D eigenvalue weighted by Gasteiger charge is 2.53. The highest BCUT2D eigenvalue weighted by molar-refractivity contribution is 5.90. The van der Waals surface area contributed by atoms with E-state index in [4.69, 9.17) is 9.47 Å². The van der Waals surface area contributed by atoms with Crippen LogP contribution in [0.1, 0.15) is 59.4 Å². The van der Waals surface area contributed by atoms with Gasteiger partial charge in [-0.1, -0.05) is 44.2 Å². The predicted molar refractivity (Wildman–Crippen MR) is 121 cm³/mol. The summed E-state index contributed by atoms with van der Waals surface area (Å²) >= 11 is 0. The lowest BCUT2D eigenvalue weighted by Crippen LogP contribution is -2.53. The van der Waals surface area contributed by atoms with E-state index in [1.54, 1.807) is 9.80 Å². The first-order valence-corrected chi connectivity index (χ1v) is 11.5. The molecule has 2 saturated heterocycles. The van der Waals surface area contributed by atoms with Crippen LogP contribution in [0, 0.1) is 11.3 Å². The normalized spacial score (nSPS) is 22.4. The van der Waals surface area contributed by atoms with Crippen LogP contribution in [0.4, 0.5) is 4.79 Å². The fourth-order valence-electron chi connectivity index (χ4n) is 4.68. The number of likely N-dealkylation sites (tertiary alicyclic amines) is 2. The van der Waals surface area contributed by atoms with Crippen LogP contribution in [-0.4, -0.2) is 59.0 Å². The van der Waals surface area contributed by atoms with Crippen molar-refractivity contribution in [3.63, 3.8) is 0 Å². The van der Waals surface area contributed by atoms with Crippen LogP contribution >= 0.6 is 0 Å². The van der Waals surface area contributed by atoms with Gasteiger partial charge in [0.2, 0.25) is 5.91 Å². The first kappa shape index (κ1) is 24.1. The average molecular weight is 445 g/mol. The van der Waals surface area contributed by atoms with Crippen molar-refractivity contribution < 1.29 is 23.9 Å². The molecule has 0 saturated carbocycles. The summed E-state index contributed by atoms with van der Waals surface area (Å²) in [5.74, 6) is -0.516. The van der Waals surface area contributed by atoms with Crippen molar-refractivity contribution in [1.82, 2.24) is 9.80 Å². The van der Waals surface area contributed by atoms with Gasteiger partial charge >= 0.3 is 12.1 Å². The Morgan fingerprint density at radius 3 is 2.41 bits per heavy atom. The molecule has 0 aromatic heterocycles. The third-order valence-electron chi connectivity index (χ3n) is 6.21. The summed E-state index contributed by atoms with van der Waals surface area (Å²) in [6.07, 6.45) is 1.70. The number of ether oxygens (including phenoxy) is 2. The standard InChI is InChI=1S/C25H36N2O5/c1-18(2)20(21(28)31-16-19-10-7-6-8-11-19)27-15-13-25(22(27)29)12-9-14-26(17-25)23(30)32-24(3,4)5/h6-8,10-11,18,20H,9,12-17H2,1-5H3/t20-,25?/m0/s1. The number of hydrogen-bond acceptors (Lipinski definition) is 5. The summed E-state index contributed by atoms with van der Waals surface area (Å²) < 4.78 is 11.1. The highest BCUT2D eigenvalue weighted by atomic mass is 16.6. The van der Waals surface area contributed by atoms with Gasteiger partial charge in [0.15, 0.2) is 0 Å². The van der Waals surface area contributed by atoms with E-state index in [9.17, 15) is 14.4 Å².